The Morgan fingerprint density at radius 3 is 2.41 bits per heavy atom. The molecule has 0 amide bonds. The number of hydrogen-bond donors (Lipinski definition) is 0. The van der Waals surface area contributed by atoms with Crippen LogP contribution in [0, 0.1) is 11.8 Å². The molecule has 1 aliphatic carbocycles. The van der Waals surface area contributed by atoms with E-state index in [4.69, 9.17) is 4.74 Å². The van der Waals surface area contributed by atoms with Crippen molar-refractivity contribution in [2.75, 3.05) is 26.2 Å². The van der Waals surface area contributed by atoms with Crippen LogP contribution in [0.15, 0.2) is 29.1 Å². The van der Waals surface area contributed by atoms with E-state index in [9.17, 15) is 9.59 Å². The van der Waals surface area contributed by atoms with Gasteiger partial charge in [-0.2, -0.15) is 4.57 Å². The van der Waals surface area contributed by atoms with E-state index in [-0.39, 0.29) is 18.1 Å². The topological polar surface area (TPSA) is 56.5 Å². The van der Waals surface area contributed by atoms with E-state index in [2.05, 4.69) is 11.8 Å². The summed E-state index contributed by atoms with van der Waals surface area (Å²) >= 11 is 0. The summed E-state index contributed by atoms with van der Waals surface area (Å²) in [6.07, 6.45) is 6.35. The molecule has 1 aromatic carbocycles. The molecule has 1 saturated carbocycles. The van der Waals surface area contributed by atoms with Gasteiger partial charge in [-0.25, -0.2) is 9.59 Å². The molecule has 1 aromatic heterocycles. The van der Waals surface area contributed by atoms with Crippen LogP contribution < -0.4 is 5.69 Å². The minimum Gasteiger partial charge on any atom is -0.449 e. The Hall–Kier alpha value is -1.79. The van der Waals surface area contributed by atoms with Crippen LogP contribution in [-0.4, -0.2) is 46.4 Å². The average molecular weight is 422 g/mol. The zero-order valence-corrected chi connectivity index (χ0v) is 18.0. The minimum absolute atomic E-state index is 0. The van der Waals surface area contributed by atoms with Gasteiger partial charge in [-0.15, -0.1) is 12.4 Å². The van der Waals surface area contributed by atoms with E-state index in [0.717, 1.165) is 44.3 Å². The van der Waals surface area contributed by atoms with E-state index >= 15 is 0 Å². The van der Waals surface area contributed by atoms with E-state index in [1.54, 1.807) is 4.57 Å². The smallest absolute Gasteiger partial charge is 0.422 e. The number of nitrogens with zero attached hydrogens (tertiary/aromatic N) is 3. The monoisotopic (exact) mass is 421 g/mol. The fourth-order valence-corrected chi connectivity index (χ4v) is 4.13. The highest BCUT2D eigenvalue weighted by Gasteiger charge is 2.27. The van der Waals surface area contributed by atoms with Crippen LogP contribution in [0.2, 0.25) is 0 Å². The van der Waals surface area contributed by atoms with Crippen molar-refractivity contribution in [3.05, 3.63) is 34.7 Å². The lowest BCUT2D eigenvalue weighted by molar-refractivity contribution is 0.0968. The maximum absolute atomic E-state index is 12.9. The molecule has 0 N–H and O–H groups in total. The van der Waals surface area contributed by atoms with Crippen molar-refractivity contribution in [1.82, 2.24) is 14.0 Å². The predicted octanol–water partition coefficient (Wildman–Crippen LogP) is 4.13. The van der Waals surface area contributed by atoms with Crippen LogP contribution in [0.5, 0.6) is 0 Å². The van der Waals surface area contributed by atoms with E-state index < -0.39 is 6.09 Å². The van der Waals surface area contributed by atoms with Gasteiger partial charge in [0.1, 0.15) is 0 Å². The zero-order chi connectivity index (χ0) is 19.5. The molecule has 1 aliphatic heterocycles. The summed E-state index contributed by atoms with van der Waals surface area (Å²) in [5.74, 6) is 0.947. The number of likely N-dealkylation sites (tertiary alicyclic amines) is 1. The zero-order valence-electron chi connectivity index (χ0n) is 17.2. The third kappa shape index (κ3) is 5.04. The van der Waals surface area contributed by atoms with Gasteiger partial charge in [0.05, 0.1) is 17.6 Å². The highest BCUT2D eigenvalue weighted by Crippen LogP contribution is 2.31. The quantitative estimate of drug-likeness (QED) is 0.674. The van der Waals surface area contributed by atoms with Gasteiger partial charge in [0.25, 0.3) is 0 Å². The van der Waals surface area contributed by atoms with Gasteiger partial charge in [0.2, 0.25) is 0 Å². The third-order valence-corrected chi connectivity index (χ3v) is 6.13. The van der Waals surface area contributed by atoms with E-state index in [1.807, 2.05) is 24.3 Å². The van der Waals surface area contributed by atoms with Crippen LogP contribution in [-0.2, 0) is 11.3 Å². The average Bonchev–Trinajstić information content (AvgIpc) is 3.50. The first-order valence-corrected chi connectivity index (χ1v) is 10.8. The van der Waals surface area contributed by atoms with Crippen LogP contribution in [0.3, 0.4) is 0 Å². The Balaban J connectivity index is 0.00000240. The molecule has 4 rings (SSSR count). The third-order valence-electron chi connectivity index (χ3n) is 6.13. The largest absolute Gasteiger partial charge is 0.449 e. The van der Waals surface area contributed by atoms with Crippen molar-refractivity contribution in [2.45, 2.75) is 52.0 Å². The van der Waals surface area contributed by atoms with Gasteiger partial charge < -0.3 is 9.64 Å². The lowest BCUT2D eigenvalue weighted by atomic mass is 9.98. The first-order chi connectivity index (χ1) is 13.7. The molecule has 0 unspecified atom stereocenters. The molecule has 6 nitrogen and oxygen atoms in total. The summed E-state index contributed by atoms with van der Waals surface area (Å²) in [6, 6.07) is 7.51. The van der Waals surface area contributed by atoms with Crippen molar-refractivity contribution in [1.29, 1.82) is 0 Å². The number of carbonyl (C=O) groups is 1. The molecule has 2 fully saturated rings. The van der Waals surface area contributed by atoms with Gasteiger partial charge in [-0.1, -0.05) is 25.5 Å². The molecule has 29 heavy (non-hydrogen) atoms. The second-order valence-electron chi connectivity index (χ2n) is 8.38. The Morgan fingerprint density at radius 2 is 1.76 bits per heavy atom. The lowest BCUT2D eigenvalue weighted by Gasteiger charge is -2.31. The number of fused-ring (bicyclic) bond motifs is 1. The summed E-state index contributed by atoms with van der Waals surface area (Å²) in [5, 5.41) is 0. The number of aromatic nitrogens is 2. The van der Waals surface area contributed by atoms with Crippen molar-refractivity contribution >= 4 is 29.5 Å². The second kappa shape index (κ2) is 9.81. The Bertz CT molecular complexity index is 879. The van der Waals surface area contributed by atoms with E-state index in [1.165, 1.54) is 24.0 Å². The van der Waals surface area contributed by atoms with Crippen molar-refractivity contribution in [3.63, 3.8) is 0 Å². The van der Waals surface area contributed by atoms with Crippen molar-refractivity contribution in [3.8, 4) is 0 Å². The number of halogens is 1. The first-order valence-electron chi connectivity index (χ1n) is 10.8. The number of benzene rings is 1. The number of para-hydroxylation sites is 2. The normalized spacial score (nSPS) is 18.0. The molecular weight excluding hydrogens is 390 g/mol. The number of rotatable bonds is 7. The molecule has 0 radical (unpaired) electrons. The van der Waals surface area contributed by atoms with Crippen LogP contribution in [0.1, 0.15) is 45.4 Å². The van der Waals surface area contributed by atoms with Gasteiger partial charge in [0.15, 0.2) is 0 Å². The predicted molar refractivity (Wildman–Crippen MR) is 117 cm³/mol. The first kappa shape index (κ1) is 21.9. The van der Waals surface area contributed by atoms with Crippen LogP contribution in [0.25, 0.3) is 11.0 Å². The second-order valence-corrected chi connectivity index (χ2v) is 8.38. The van der Waals surface area contributed by atoms with Gasteiger partial charge >= 0.3 is 11.8 Å². The molecular formula is C22H32ClN3O3. The molecule has 2 heterocycles. The Labute approximate surface area is 178 Å². The number of imidazole rings is 1. The molecule has 0 spiro atoms. The Kier molecular flexibility index (Phi) is 7.41. The maximum Gasteiger partial charge on any atom is 0.422 e. The van der Waals surface area contributed by atoms with Crippen molar-refractivity contribution < 1.29 is 9.53 Å². The number of ether oxygens (including phenoxy) is 1. The molecule has 7 heteroatoms. The van der Waals surface area contributed by atoms with Crippen LogP contribution >= 0.6 is 12.4 Å². The highest BCUT2D eigenvalue weighted by molar-refractivity contribution is 5.86. The fourth-order valence-electron chi connectivity index (χ4n) is 4.13. The highest BCUT2D eigenvalue weighted by atomic mass is 35.5. The van der Waals surface area contributed by atoms with E-state index in [0.29, 0.717) is 30.5 Å². The Morgan fingerprint density at radius 1 is 1.07 bits per heavy atom. The van der Waals surface area contributed by atoms with Gasteiger partial charge in [0, 0.05) is 6.54 Å². The lowest BCUT2D eigenvalue weighted by Crippen LogP contribution is -2.37. The summed E-state index contributed by atoms with van der Waals surface area (Å²) in [7, 11) is 0. The van der Waals surface area contributed by atoms with Gasteiger partial charge in [-0.3, -0.25) is 4.57 Å². The summed E-state index contributed by atoms with van der Waals surface area (Å²) < 4.78 is 8.55. The number of hydrogen-bond acceptors (Lipinski definition) is 4. The maximum atomic E-state index is 12.9. The number of carbonyl (C=O) groups excluding carboxylic acids is 1. The molecule has 2 aliphatic rings. The van der Waals surface area contributed by atoms with Crippen molar-refractivity contribution in [2.24, 2.45) is 11.8 Å². The van der Waals surface area contributed by atoms with Gasteiger partial charge in [-0.05, 0) is 75.7 Å². The summed E-state index contributed by atoms with van der Waals surface area (Å²) in [4.78, 5) is 28.2. The molecule has 160 valence electrons. The molecule has 1 saturated heterocycles. The SMILES string of the molecule is CCCCN1CCC(COC(=O)n2c(=O)n(CC3CC3)c3ccccc32)CC1.Cl. The number of piperidine rings is 1. The molecule has 0 atom stereocenters. The number of unbranched alkanes of at least 4 members (excludes halogenated alkanes) is 1. The minimum atomic E-state index is -0.538. The summed E-state index contributed by atoms with van der Waals surface area (Å²) in [6.45, 7) is 6.62. The molecule has 0 bridgehead atoms. The fraction of sp³-hybridized carbons (Fsp3) is 0.636. The standard InChI is InChI=1S/C22H31N3O3.ClH/c1-2-3-12-23-13-10-18(11-14-23)16-28-22(27)25-20-7-5-4-6-19(20)24(21(25)26)15-17-8-9-17;/h4-7,17-18H,2-3,8-16H2,1H3;1H. The van der Waals surface area contributed by atoms with Crippen LogP contribution in [0.4, 0.5) is 4.79 Å². The molecule has 2 aromatic rings. The summed E-state index contributed by atoms with van der Waals surface area (Å²) in [5.41, 5.74) is 1.20.